The lowest BCUT2D eigenvalue weighted by atomic mass is 9.98. The number of nitrogens with zero attached hydrogens (tertiary/aromatic N) is 3. The van der Waals surface area contributed by atoms with Crippen molar-refractivity contribution in [2.75, 3.05) is 13.1 Å². The second-order valence-electron chi connectivity index (χ2n) is 8.13. The van der Waals surface area contributed by atoms with Crippen LogP contribution in [0.25, 0.3) is 11.4 Å². The van der Waals surface area contributed by atoms with E-state index >= 15 is 0 Å². The Kier molecular flexibility index (Phi) is 6.83. The highest BCUT2D eigenvalue weighted by Crippen LogP contribution is 2.31. The number of rotatable bonds is 6. The molecule has 0 spiro atoms. The van der Waals surface area contributed by atoms with Crippen LogP contribution in [-0.4, -0.2) is 41.9 Å². The van der Waals surface area contributed by atoms with Crippen LogP contribution in [0.1, 0.15) is 29.9 Å². The van der Waals surface area contributed by atoms with Crippen molar-refractivity contribution in [1.82, 2.24) is 19.8 Å². The van der Waals surface area contributed by atoms with Crippen LogP contribution in [-0.2, 0) is 21.4 Å². The monoisotopic (exact) mass is 488 g/mol. The molecular formula is C23H25ClN4O4S. The Morgan fingerprint density at radius 1 is 1.24 bits per heavy atom. The van der Waals surface area contributed by atoms with Crippen molar-refractivity contribution in [2.45, 2.75) is 38.1 Å². The van der Waals surface area contributed by atoms with Gasteiger partial charge in [0.15, 0.2) is 0 Å². The third kappa shape index (κ3) is 5.10. The molecule has 0 aliphatic carbocycles. The number of benzene rings is 2. The van der Waals surface area contributed by atoms with Gasteiger partial charge in [0.25, 0.3) is 0 Å². The van der Waals surface area contributed by atoms with Crippen molar-refractivity contribution >= 4 is 27.5 Å². The predicted molar refractivity (Wildman–Crippen MR) is 124 cm³/mol. The summed E-state index contributed by atoms with van der Waals surface area (Å²) in [7, 11) is -3.92. The highest BCUT2D eigenvalue weighted by atomic mass is 35.5. The molecule has 0 bridgehead atoms. The Bertz CT molecular complexity index is 1270. The van der Waals surface area contributed by atoms with Crippen molar-refractivity contribution in [2.24, 2.45) is 5.92 Å². The molecule has 0 radical (unpaired) electrons. The molecule has 1 aliphatic heterocycles. The van der Waals surface area contributed by atoms with Crippen LogP contribution in [0.3, 0.4) is 0 Å². The van der Waals surface area contributed by atoms with Gasteiger partial charge in [0.1, 0.15) is 4.90 Å². The molecule has 2 heterocycles. The van der Waals surface area contributed by atoms with E-state index in [0.29, 0.717) is 37.4 Å². The zero-order valence-corrected chi connectivity index (χ0v) is 20.0. The summed E-state index contributed by atoms with van der Waals surface area (Å²) < 4.78 is 33.2. The van der Waals surface area contributed by atoms with Crippen molar-refractivity contribution in [3.63, 3.8) is 0 Å². The summed E-state index contributed by atoms with van der Waals surface area (Å²) in [6.07, 6.45) is 1.21. The van der Waals surface area contributed by atoms with E-state index in [9.17, 15) is 13.2 Å². The fraction of sp³-hybridized carbons (Fsp3) is 0.348. The van der Waals surface area contributed by atoms with Gasteiger partial charge in [0, 0.05) is 32.1 Å². The molecule has 0 unspecified atom stereocenters. The highest BCUT2D eigenvalue weighted by Gasteiger charge is 2.34. The molecule has 10 heteroatoms. The summed E-state index contributed by atoms with van der Waals surface area (Å²) >= 11 is 6.27. The fourth-order valence-electron chi connectivity index (χ4n) is 3.91. The number of aryl methyl sites for hydroxylation is 2. The summed E-state index contributed by atoms with van der Waals surface area (Å²) in [6.45, 7) is 4.48. The summed E-state index contributed by atoms with van der Waals surface area (Å²) in [5.74, 6) is 0.0762. The van der Waals surface area contributed by atoms with Crippen molar-refractivity contribution in [3.8, 4) is 11.4 Å². The van der Waals surface area contributed by atoms with Crippen LogP contribution < -0.4 is 5.32 Å². The normalized spacial score (nSPS) is 17.1. The quantitative estimate of drug-likeness (QED) is 0.566. The summed E-state index contributed by atoms with van der Waals surface area (Å²) in [5.41, 5.74) is 2.61. The lowest BCUT2D eigenvalue weighted by Crippen LogP contribution is -2.45. The van der Waals surface area contributed by atoms with Crippen LogP contribution >= 0.6 is 11.6 Å². The number of carbonyl (C=O) groups is 1. The molecule has 33 heavy (non-hydrogen) atoms. The number of hydrogen-bond donors (Lipinski definition) is 1. The van der Waals surface area contributed by atoms with Gasteiger partial charge in [-0.3, -0.25) is 4.79 Å². The lowest BCUT2D eigenvalue weighted by molar-refractivity contribution is -0.126. The van der Waals surface area contributed by atoms with Crippen molar-refractivity contribution in [1.29, 1.82) is 0 Å². The number of carbonyl (C=O) groups excluding carboxylic acids is 1. The second kappa shape index (κ2) is 9.62. The highest BCUT2D eigenvalue weighted by molar-refractivity contribution is 7.89. The zero-order chi connectivity index (χ0) is 23.6. The fourth-order valence-corrected chi connectivity index (χ4v) is 5.93. The zero-order valence-electron chi connectivity index (χ0n) is 18.4. The first-order chi connectivity index (χ1) is 15.8. The first kappa shape index (κ1) is 23.4. The Hall–Kier alpha value is -2.75. The molecule has 3 aromatic rings. The van der Waals surface area contributed by atoms with Crippen LogP contribution in [0, 0.1) is 19.8 Å². The number of nitrogens with one attached hydrogen (secondary N) is 1. The number of hydrogen-bond acceptors (Lipinski definition) is 6. The molecule has 1 fully saturated rings. The minimum atomic E-state index is -3.92. The van der Waals surface area contributed by atoms with Crippen LogP contribution in [0.15, 0.2) is 51.9 Å². The van der Waals surface area contributed by atoms with Gasteiger partial charge in [-0.1, -0.05) is 41.0 Å². The molecule has 1 aliphatic rings. The topological polar surface area (TPSA) is 105 Å². The van der Waals surface area contributed by atoms with Gasteiger partial charge in [-0.05, 0) is 49.1 Å². The summed E-state index contributed by atoms with van der Waals surface area (Å²) in [4.78, 5) is 16.9. The van der Waals surface area contributed by atoms with Crippen molar-refractivity contribution in [3.05, 3.63) is 64.5 Å². The smallest absolute Gasteiger partial charge is 0.244 e. The van der Waals surface area contributed by atoms with E-state index in [-0.39, 0.29) is 28.2 Å². The Morgan fingerprint density at radius 2 is 2.03 bits per heavy atom. The summed E-state index contributed by atoms with van der Waals surface area (Å²) in [5, 5.41) is 6.90. The molecule has 1 aromatic heterocycles. The molecule has 0 saturated carbocycles. The molecule has 1 amide bonds. The molecule has 1 saturated heterocycles. The lowest BCUT2D eigenvalue weighted by Gasteiger charge is -2.31. The van der Waals surface area contributed by atoms with Crippen molar-refractivity contribution < 1.29 is 17.7 Å². The van der Waals surface area contributed by atoms with Gasteiger partial charge >= 0.3 is 0 Å². The van der Waals surface area contributed by atoms with E-state index in [2.05, 4.69) is 15.5 Å². The first-order valence-corrected chi connectivity index (χ1v) is 12.5. The van der Waals surface area contributed by atoms with E-state index < -0.39 is 15.9 Å². The maximum Gasteiger partial charge on any atom is 0.244 e. The molecule has 2 aromatic carbocycles. The molecule has 1 atom stereocenters. The van der Waals surface area contributed by atoms with Gasteiger partial charge < -0.3 is 9.84 Å². The third-order valence-electron chi connectivity index (χ3n) is 5.80. The minimum absolute atomic E-state index is 0.0370. The third-order valence-corrected chi connectivity index (χ3v) is 8.15. The molecule has 1 N–H and O–H groups in total. The SMILES string of the molecule is Cc1nc(-c2ccc(Cl)c(S(=O)(=O)N3CCC[C@@H](C(=O)NCc4ccccc4C)C3)c2)no1. The Labute approximate surface area is 198 Å². The number of amides is 1. The van der Waals surface area contributed by atoms with Crippen LogP contribution in [0.4, 0.5) is 0 Å². The van der Waals surface area contributed by atoms with E-state index in [1.54, 1.807) is 13.0 Å². The van der Waals surface area contributed by atoms with Gasteiger partial charge in [-0.25, -0.2) is 8.42 Å². The van der Waals surface area contributed by atoms with Crippen LogP contribution in [0.5, 0.6) is 0 Å². The number of piperidine rings is 1. The van der Waals surface area contributed by atoms with E-state index in [4.69, 9.17) is 16.1 Å². The average Bonchev–Trinajstić information content (AvgIpc) is 3.25. The average molecular weight is 489 g/mol. The minimum Gasteiger partial charge on any atom is -0.352 e. The molecular weight excluding hydrogens is 464 g/mol. The first-order valence-electron chi connectivity index (χ1n) is 10.7. The summed E-state index contributed by atoms with van der Waals surface area (Å²) in [6, 6.07) is 12.4. The number of sulfonamides is 1. The maximum atomic E-state index is 13.4. The standard InChI is InChI=1S/C23H25ClN4O4S/c1-15-6-3-4-7-18(15)13-25-23(29)19-8-5-11-28(14-19)33(30,31)21-12-17(9-10-20(21)24)22-26-16(2)32-27-22/h3-4,6-7,9-10,12,19H,5,8,11,13-14H2,1-2H3,(H,25,29)/t19-/m1/s1. The second-order valence-corrected chi connectivity index (χ2v) is 10.4. The molecule has 174 valence electrons. The maximum absolute atomic E-state index is 13.4. The van der Waals surface area contributed by atoms with Gasteiger partial charge in [0.2, 0.25) is 27.6 Å². The van der Waals surface area contributed by atoms with Crippen LogP contribution in [0.2, 0.25) is 5.02 Å². The van der Waals surface area contributed by atoms with E-state index in [1.807, 2.05) is 31.2 Å². The Morgan fingerprint density at radius 3 is 2.76 bits per heavy atom. The number of halogens is 1. The van der Waals surface area contributed by atoms with Gasteiger partial charge in [-0.15, -0.1) is 0 Å². The van der Waals surface area contributed by atoms with Gasteiger partial charge in [-0.2, -0.15) is 9.29 Å². The van der Waals surface area contributed by atoms with Gasteiger partial charge in [0.05, 0.1) is 10.9 Å². The number of aromatic nitrogens is 2. The molecule has 8 nitrogen and oxygen atoms in total. The van der Waals surface area contributed by atoms with E-state index in [1.165, 1.54) is 16.4 Å². The van der Waals surface area contributed by atoms with E-state index in [0.717, 1.165) is 11.1 Å². The Balaban J connectivity index is 1.50. The largest absolute Gasteiger partial charge is 0.352 e. The molecule has 4 rings (SSSR count). The predicted octanol–water partition coefficient (Wildman–Crippen LogP) is 3.72.